The van der Waals surface area contributed by atoms with Gasteiger partial charge in [-0.3, -0.25) is 4.68 Å². The Morgan fingerprint density at radius 1 is 1.39 bits per heavy atom. The molecule has 0 spiro atoms. The monoisotopic (exact) mass is 251 g/mol. The van der Waals surface area contributed by atoms with Crippen LogP contribution in [0.25, 0.3) is 5.82 Å². The molecule has 2 aromatic heterocycles. The van der Waals surface area contributed by atoms with Crippen molar-refractivity contribution in [2.75, 3.05) is 13.7 Å². The number of methoxy groups -OCH3 is 1. The molecule has 0 atom stereocenters. The molecule has 0 fully saturated rings. The van der Waals surface area contributed by atoms with Crippen LogP contribution in [0.3, 0.4) is 0 Å². The highest BCUT2D eigenvalue weighted by molar-refractivity contribution is 5.20. The van der Waals surface area contributed by atoms with Gasteiger partial charge in [0.2, 0.25) is 0 Å². The fourth-order valence-electron chi connectivity index (χ4n) is 1.81. The van der Waals surface area contributed by atoms with E-state index in [1.54, 1.807) is 31.0 Å². The summed E-state index contributed by atoms with van der Waals surface area (Å²) in [7, 11) is 3.45. The van der Waals surface area contributed by atoms with Crippen LogP contribution in [0.1, 0.15) is 12.2 Å². The van der Waals surface area contributed by atoms with Crippen LogP contribution in [-0.2, 0) is 18.3 Å². The topological polar surface area (TPSA) is 66.9 Å². The van der Waals surface area contributed by atoms with Gasteiger partial charge in [-0.2, -0.15) is 10.2 Å². The molecule has 7 nitrogen and oxygen atoms in total. The minimum Gasteiger partial charge on any atom is -0.385 e. The second-order valence-electron chi connectivity index (χ2n) is 4.08. The predicted molar refractivity (Wildman–Crippen MR) is 65.8 cm³/mol. The molecule has 2 rings (SSSR count). The maximum Gasteiger partial charge on any atom is 0.351 e. The summed E-state index contributed by atoms with van der Waals surface area (Å²) in [5.41, 5.74) is -0.165. The number of hydrogen-bond donors (Lipinski definition) is 0. The highest BCUT2D eigenvalue weighted by Gasteiger charge is 2.13. The van der Waals surface area contributed by atoms with E-state index in [1.165, 1.54) is 9.25 Å². The van der Waals surface area contributed by atoms with Crippen molar-refractivity contribution in [1.29, 1.82) is 0 Å². The molecule has 0 saturated carbocycles. The number of hydrogen-bond acceptors (Lipinski definition) is 4. The number of ether oxygens (including phenoxy) is 1. The Morgan fingerprint density at radius 3 is 2.78 bits per heavy atom. The highest BCUT2D eigenvalue weighted by Crippen LogP contribution is 2.03. The van der Waals surface area contributed by atoms with Crippen LogP contribution < -0.4 is 5.69 Å². The third kappa shape index (κ3) is 2.35. The molecule has 98 valence electrons. The first-order valence-electron chi connectivity index (χ1n) is 5.79. The van der Waals surface area contributed by atoms with E-state index in [-0.39, 0.29) is 5.69 Å². The zero-order valence-corrected chi connectivity index (χ0v) is 10.8. The van der Waals surface area contributed by atoms with Crippen LogP contribution in [0.5, 0.6) is 0 Å². The molecule has 0 amide bonds. The van der Waals surface area contributed by atoms with Crippen molar-refractivity contribution in [3.8, 4) is 5.82 Å². The lowest BCUT2D eigenvalue weighted by Crippen LogP contribution is -2.25. The van der Waals surface area contributed by atoms with Gasteiger partial charge in [0.25, 0.3) is 0 Å². The van der Waals surface area contributed by atoms with Crippen molar-refractivity contribution in [3.63, 3.8) is 0 Å². The van der Waals surface area contributed by atoms with E-state index in [0.717, 1.165) is 6.42 Å². The van der Waals surface area contributed by atoms with Crippen LogP contribution in [0, 0.1) is 6.92 Å². The van der Waals surface area contributed by atoms with Crippen LogP contribution in [0.4, 0.5) is 0 Å². The first kappa shape index (κ1) is 12.6. The summed E-state index contributed by atoms with van der Waals surface area (Å²) in [5.74, 6) is 1.23. The van der Waals surface area contributed by atoms with E-state index >= 15 is 0 Å². The van der Waals surface area contributed by atoms with Gasteiger partial charge in [-0.15, -0.1) is 0 Å². The highest BCUT2D eigenvalue weighted by atomic mass is 16.5. The molecular weight excluding hydrogens is 234 g/mol. The van der Waals surface area contributed by atoms with Crippen molar-refractivity contribution in [2.24, 2.45) is 7.05 Å². The average Bonchev–Trinajstić information content (AvgIpc) is 2.85. The molecule has 0 bridgehead atoms. The Hall–Kier alpha value is -1.89. The average molecular weight is 251 g/mol. The summed E-state index contributed by atoms with van der Waals surface area (Å²) in [5, 5.41) is 8.44. The summed E-state index contributed by atoms with van der Waals surface area (Å²) in [6.07, 6.45) is 2.55. The van der Waals surface area contributed by atoms with Crippen molar-refractivity contribution >= 4 is 0 Å². The van der Waals surface area contributed by atoms with Gasteiger partial charge in [0, 0.05) is 39.6 Å². The molecule has 0 unspecified atom stereocenters. The second-order valence-corrected chi connectivity index (χ2v) is 4.08. The van der Waals surface area contributed by atoms with Crippen LogP contribution in [0.15, 0.2) is 17.1 Å². The molecular formula is C11H17N5O2. The van der Waals surface area contributed by atoms with Gasteiger partial charge in [-0.1, -0.05) is 0 Å². The van der Waals surface area contributed by atoms with Crippen molar-refractivity contribution in [1.82, 2.24) is 24.1 Å². The smallest absolute Gasteiger partial charge is 0.351 e. The lowest BCUT2D eigenvalue weighted by atomic mass is 10.4. The zero-order chi connectivity index (χ0) is 13.1. The van der Waals surface area contributed by atoms with Gasteiger partial charge in [0.1, 0.15) is 5.82 Å². The van der Waals surface area contributed by atoms with Gasteiger partial charge < -0.3 is 4.74 Å². The van der Waals surface area contributed by atoms with E-state index in [4.69, 9.17) is 4.74 Å². The van der Waals surface area contributed by atoms with Gasteiger partial charge in [0.15, 0.2) is 5.82 Å². The third-order valence-corrected chi connectivity index (χ3v) is 2.65. The quantitative estimate of drug-likeness (QED) is 0.707. The Labute approximate surface area is 105 Å². The van der Waals surface area contributed by atoms with E-state index in [2.05, 4.69) is 10.2 Å². The van der Waals surface area contributed by atoms with Gasteiger partial charge >= 0.3 is 5.69 Å². The number of nitrogens with zero attached hydrogens (tertiary/aromatic N) is 5. The van der Waals surface area contributed by atoms with Crippen molar-refractivity contribution in [2.45, 2.75) is 19.9 Å². The van der Waals surface area contributed by atoms with Crippen molar-refractivity contribution < 1.29 is 4.74 Å². The fraction of sp³-hybridized carbons (Fsp3) is 0.545. The molecule has 0 N–H and O–H groups in total. The molecule has 0 saturated heterocycles. The summed E-state index contributed by atoms with van der Waals surface area (Å²) < 4.78 is 9.57. The molecule has 0 aromatic carbocycles. The second kappa shape index (κ2) is 5.18. The van der Waals surface area contributed by atoms with E-state index in [0.29, 0.717) is 24.8 Å². The molecule has 7 heteroatoms. The van der Waals surface area contributed by atoms with E-state index < -0.39 is 0 Å². The number of aryl methyl sites for hydroxylation is 3. The molecule has 2 heterocycles. The predicted octanol–water partition coefficient (Wildman–Crippen LogP) is 0.112. The maximum absolute atomic E-state index is 12.2. The summed E-state index contributed by atoms with van der Waals surface area (Å²) in [6.45, 7) is 2.96. The lowest BCUT2D eigenvalue weighted by Gasteiger charge is -1.98. The van der Waals surface area contributed by atoms with Gasteiger partial charge in [-0.05, 0) is 13.3 Å². The van der Waals surface area contributed by atoms with Gasteiger partial charge in [-0.25, -0.2) is 14.0 Å². The Kier molecular flexibility index (Phi) is 3.61. The minimum atomic E-state index is -0.165. The molecule has 0 aliphatic rings. The van der Waals surface area contributed by atoms with E-state index in [9.17, 15) is 4.79 Å². The van der Waals surface area contributed by atoms with Crippen LogP contribution in [-0.4, -0.2) is 37.8 Å². The third-order valence-electron chi connectivity index (χ3n) is 2.65. The van der Waals surface area contributed by atoms with Crippen LogP contribution >= 0.6 is 0 Å². The molecule has 0 aliphatic heterocycles. The van der Waals surface area contributed by atoms with E-state index in [1.807, 2.05) is 7.05 Å². The Bertz CT molecular complexity index is 581. The molecule has 0 aliphatic carbocycles. The summed E-state index contributed by atoms with van der Waals surface area (Å²) in [4.78, 5) is 12.2. The standard InChI is InChI=1S/C11H17N5O2/c1-9-12-15(6-4-8-18-3)11(17)16(9)10-5-7-14(2)13-10/h5,7H,4,6,8H2,1-3H3. The summed E-state index contributed by atoms with van der Waals surface area (Å²) in [6, 6.07) is 1.79. The molecule has 18 heavy (non-hydrogen) atoms. The molecule has 2 aromatic rings. The summed E-state index contributed by atoms with van der Waals surface area (Å²) >= 11 is 0. The lowest BCUT2D eigenvalue weighted by molar-refractivity contribution is 0.188. The molecule has 0 radical (unpaired) electrons. The number of rotatable bonds is 5. The van der Waals surface area contributed by atoms with Crippen molar-refractivity contribution in [3.05, 3.63) is 28.6 Å². The first-order chi connectivity index (χ1) is 8.63. The number of aromatic nitrogens is 5. The maximum atomic E-state index is 12.2. The Balaban J connectivity index is 2.29. The largest absolute Gasteiger partial charge is 0.385 e. The van der Waals surface area contributed by atoms with Crippen LogP contribution in [0.2, 0.25) is 0 Å². The first-order valence-corrected chi connectivity index (χ1v) is 5.79. The Morgan fingerprint density at radius 2 is 2.17 bits per heavy atom. The van der Waals surface area contributed by atoms with Gasteiger partial charge in [0.05, 0.1) is 0 Å². The normalized spacial score (nSPS) is 11.1. The fourth-order valence-corrected chi connectivity index (χ4v) is 1.81. The minimum absolute atomic E-state index is 0.165. The SMILES string of the molecule is COCCCn1nc(C)n(-c2ccn(C)n2)c1=O. The zero-order valence-electron chi connectivity index (χ0n) is 10.8.